The van der Waals surface area contributed by atoms with E-state index in [-0.39, 0.29) is 18.8 Å². The average molecular weight is 487 g/mol. The van der Waals surface area contributed by atoms with Gasteiger partial charge in [-0.05, 0) is 56.2 Å². The standard InChI is InChI=1S/C23H23ClN4O4S/c1-14(22(29)25-17-8-9-19-20(11-17)32-13-31-19)33-23-27-26-21(15-4-6-16(24)7-5-15)28(23)12-18-3-2-10-30-18/h4-9,11,14,18H,2-3,10,12-13H2,1H3,(H,25,29)/t14-,18-/m0/s1. The van der Waals surface area contributed by atoms with Gasteiger partial charge in [0.1, 0.15) is 0 Å². The molecule has 1 N–H and O–H groups in total. The molecular weight excluding hydrogens is 464 g/mol. The van der Waals surface area contributed by atoms with Crippen LogP contribution in [-0.4, -0.2) is 45.4 Å². The van der Waals surface area contributed by atoms with Crippen LogP contribution >= 0.6 is 23.4 Å². The third-order valence-corrected chi connectivity index (χ3v) is 6.85. The number of carbonyl (C=O) groups is 1. The summed E-state index contributed by atoms with van der Waals surface area (Å²) >= 11 is 7.42. The van der Waals surface area contributed by atoms with Crippen molar-refractivity contribution in [3.05, 3.63) is 47.5 Å². The molecule has 2 aliphatic rings. The van der Waals surface area contributed by atoms with Crippen LogP contribution < -0.4 is 14.8 Å². The summed E-state index contributed by atoms with van der Waals surface area (Å²) in [6, 6.07) is 12.8. The molecule has 2 atom stereocenters. The van der Waals surface area contributed by atoms with Crippen molar-refractivity contribution in [3.8, 4) is 22.9 Å². The van der Waals surface area contributed by atoms with Crippen LogP contribution in [-0.2, 0) is 16.1 Å². The number of carbonyl (C=O) groups excluding carboxylic acids is 1. The van der Waals surface area contributed by atoms with Gasteiger partial charge in [-0.3, -0.25) is 9.36 Å². The zero-order valence-corrected chi connectivity index (χ0v) is 19.6. The van der Waals surface area contributed by atoms with Crippen LogP contribution in [0.15, 0.2) is 47.6 Å². The number of rotatable bonds is 7. The number of aromatic nitrogens is 3. The number of nitrogens with one attached hydrogen (secondary N) is 1. The van der Waals surface area contributed by atoms with Gasteiger partial charge in [0, 0.05) is 28.9 Å². The molecule has 3 aromatic rings. The average Bonchev–Trinajstić information content (AvgIpc) is 3.57. The van der Waals surface area contributed by atoms with E-state index in [1.165, 1.54) is 11.8 Å². The number of hydrogen-bond donors (Lipinski definition) is 1. The van der Waals surface area contributed by atoms with Crippen LogP contribution in [0.2, 0.25) is 5.02 Å². The number of anilines is 1. The van der Waals surface area contributed by atoms with Crippen molar-refractivity contribution in [3.63, 3.8) is 0 Å². The van der Waals surface area contributed by atoms with Gasteiger partial charge >= 0.3 is 0 Å². The van der Waals surface area contributed by atoms with Gasteiger partial charge in [-0.15, -0.1) is 10.2 Å². The molecule has 1 fully saturated rings. The molecule has 1 amide bonds. The molecule has 5 rings (SSSR count). The lowest BCUT2D eigenvalue weighted by atomic mass is 10.2. The van der Waals surface area contributed by atoms with Crippen molar-refractivity contribution in [1.82, 2.24) is 14.8 Å². The highest BCUT2D eigenvalue weighted by Crippen LogP contribution is 2.35. The Kier molecular flexibility index (Phi) is 6.43. The van der Waals surface area contributed by atoms with Crippen LogP contribution in [0.25, 0.3) is 11.4 Å². The summed E-state index contributed by atoms with van der Waals surface area (Å²) in [6.07, 6.45) is 2.13. The zero-order valence-electron chi connectivity index (χ0n) is 18.0. The maximum Gasteiger partial charge on any atom is 0.237 e. The largest absolute Gasteiger partial charge is 0.454 e. The molecule has 172 valence electrons. The van der Waals surface area contributed by atoms with E-state index >= 15 is 0 Å². The molecule has 0 spiro atoms. The van der Waals surface area contributed by atoms with Crippen LogP contribution in [0.4, 0.5) is 5.69 Å². The first kappa shape index (κ1) is 22.1. The Balaban J connectivity index is 1.34. The third kappa shape index (κ3) is 4.95. The number of halogens is 1. The fraction of sp³-hybridized carbons (Fsp3) is 0.348. The minimum absolute atomic E-state index is 0.101. The van der Waals surface area contributed by atoms with Crippen LogP contribution in [0.5, 0.6) is 11.5 Å². The van der Waals surface area contributed by atoms with Gasteiger partial charge in [-0.25, -0.2) is 0 Å². The molecular formula is C23H23ClN4O4S. The van der Waals surface area contributed by atoms with Crippen molar-refractivity contribution in [2.75, 3.05) is 18.7 Å². The van der Waals surface area contributed by atoms with Crippen molar-refractivity contribution < 1.29 is 19.0 Å². The molecule has 8 nitrogen and oxygen atoms in total. The Labute approximate surface area is 200 Å². The molecule has 0 aliphatic carbocycles. The summed E-state index contributed by atoms with van der Waals surface area (Å²) in [5, 5.41) is 12.7. The second-order valence-corrected chi connectivity index (χ2v) is 9.62. The molecule has 1 aromatic heterocycles. The number of amides is 1. The molecule has 3 heterocycles. The second-order valence-electron chi connectivity index (χ2n) is 7.88. The lowest BCUT2D eigenvalue weighted by molar-refractivity contribution is -0.115. The van der Waals surface area contributed by atoms with Gasteiger partial charge in [0.05, 0.1) is 17.9 Å². The smallest absolute Gasteiger partial charge is 0.237 e. The van der Waals surface area contributed by atoms with Crippen molar-refractivity contribution in [2.24, 2.45) is 0 Å². The van der Waals surface area contributed by atoms with Crippen LogP contribution in [0.3, 0.4) is 0 Å². The Morgan fingerprint density at radius 3 is 2.82 bits per heavy atom. The van der Waals surface area contributed by atoms with E-state index in [2.05, 4.69) is 15.5 Å². The number of hydrogen-bond acceptors (Lipinski definition) is 7. The highest BCUT2D eigenvalue weighted by Gasteiger charge is 2.25. The van der Waals surface area contributed by atoms with Gasteiger partial charge < -0.3 is 19.5 Å². The van der Waals surface area contributed by atoms with Gasteiger partial charge in [-0.2, -0.15) is 0 Å². The topological polar surface area (TPSA) is 87.5 Å². The summed E-state index contributed by atoms with van der Waals surface area (Å²) in [7, 11) is 0. The molecule has 0 radical (unpaired) electrons. The minimum Gasteiger partial charge on any atom is -0.454 e. The fourth-order valence-electron chi connectivity index (χ4n) is 3.77. The van der Waals surface area contributed by atoms with E-state index in [9.17, 15) is 4.79 Å². The lowest BCUT2D eigenvalue weighted by Crippen LogP contribution is -2.23. The number of thioether (sulfide) groups is 1. The Morgan fingerprint density at radius 2 is 2.03 bits per heavy atom. The van der Waals surface area contributed by atoms with Gasteiger partial charge in [0.25, 0.3) is 0 Å². The SMILES string of the molecule is C[C@H](Sc1nnc(-c2ccc(Cl)cc2)n1C[C@@H]1CCCO1)C(=O)Nc1ccc2c(c1)OCO2. The minimum atomic E-state index is -0.402. The first-order valence-electron chi connectivity index (χ1n) is 10.7. The maximum atomic E-state index is 12.9. The van der Waals surface area contributed by atoms with Gasteiger partial charge in [0.2, 0.25) is 12.7 Å². The maximum absolute atomic E-state index is 12.9. The van der Waals surface area contributed by atoms with E-state index in [0.29, 0.717) is 33.9 Å². The van der Waals surface area contributed by atoms with Crippen LogP contribution in [0, 0.1) is 0 Å². The third-order valence-electron chi connectivity index (χ3n) is 5.52. The number of fused-ring (bicyclic) bond motifs is 1. The molecule has 0 saturated carbocycles. The zero-order chi connectivity index (χ0) is 22.8. The van der Waals surface area contributed by atoms with E-state index in [4.69, 9.17) is 25.8 Å². The number of benzene rings is 2. The van der Waals surface area contributed by atoms with Crippen molar-refractivity contribution in [1.29, 1.82) is 0 Å². The number of ether oxygens (including phenoxy) is 3. The monoisotopic (exact) mass is 486 g/mol. The Morgan fingerprint density at radius 1 is 1.21 bits per heavy atom. The Hall–Kier alpha value is -2.75. The summed E-state index contributed by atoms with van der Waals surface area (Å²) in [4.78, 5) is 12.9. The van der Waals surface area contributed by atoms with E-state index in [0.717, 1.165) is 30.8 Å². The summed E-state index contributed by atoms with van der Waals surface area (Å²) in [5.41, 5.74) is 1.56. The summed E-state index contributed by atoms with van der Waals surface area (Å²) < 4.78 is 18.6. The summed E-state index contributed by atoms with van der Waals surface area (Å²) in [6.45, 7) is 3.43. The van der Waals surface area contributed by atoms with Crippen molar-refractivity contribution in [2.45, 2.75) is 42.8 Å². The highest BCUT2D eigenvalue weighted by molar-refractivity contribution is 8.00. The molecule has 2 aromatic carbocycles. The molecule has 1 saturated heterocycles. The molecule has 0 bridgehead atoms. The van der Waals surface area contributed by atoms with Crippen molar-refractivity contribution >= 4 is 35.0 Å². The first-order valence-corrected chi connectivity index (χ1v) is 12.0. The summed E-state index contributed by atoms with van der Waals surface area (Å²) in [5.74, 6) is 1.89. The van der Waals surface area contributed by atoms with E-state index < -0.39 is 5.25 Å². The predicted molar refractivity (Wildman–Crippen MR) is 126 cm³/mol. The molecule has 0 unspecified atom stereocenters. The second kappa shape index (κ2) is 9.62. The highest BCUT2D eigenvalue weighted by atomic mass is 35.5. The molecule has 33 heavy (non-hydrogen) atoms. The number of nitrogens with zero attached hydrogens (tertiary/aromatic N) is 3. The van der Waals surface area contributed by atoms with E-state index in [1.807, 2.05) is 35.8 Å². The predicted octanol–water partition coefficient (Wildman–Crippen LogP) is 4.63. The van der Waals surface area contributed by atoms with E-state index in [1.54, 1.807) is 18.2 Å². The van der Waals surface area contributed by atoms with Gasteiger partial charge in [0.15, 0.2) is 22.5 Å². The van der Waals surface area contributed by atoms with Gasteiger partial charge in [-0.1, -0.05) is 23.4 Å². The van der Waals surface area contributed by atoms with Crippen LogP contribution in [0.1, 0.15) is 19.8 Å². The first-order chi connectivity index (χ1) is 16.1. The fourth-order valence-corrected chi connectivity index (χ4v) is 4.76. The lowest BCUT2D eigenvalue weighted by Gasteiger charge is -2.16. The Bertz CT molecular complexity index is 1150. The quantitative estimate of drug-likeness (QED) is 0.487. The molecule has 2 aliphatic heterocycles. The molecule has 10 heteroatoms. The normalized spacial score (nSPS) is 17.8.